The van der Waals surface area contributed by atoms with Crippen molar-refractivity contribution in [2.24, 2.45) is 0 Å². The van der Waals surface area contributed by atoms with E-state index in [2.05, 4.69) is 20.9 Å². The van der Waals surface area contributed by atoms with Crippen LogP contribution in [0, 0.1) is 0 Å². The van der Waals surface area contributed by atoms with Crippen LogP contribution in [0.4, 0.5) is 0 Å². The van der Waals surface area contributed by atoms with Crippen LogP contribution in [0.1, 0.15) is 5.56 Å². The fourth-order valence-electron chi connectivity index (χ4n) is 1.08. The van der Waals surface area contributed by atoms with Crippen LogP contribution in [0.15, 0.2) is 49.7 Å². The highest BCUT2D eigenvalue weighted by molar-refractivity contribution is 9.10. The number of hydrogen-bond donors (Lipinski definition) is 1. The van der Waals surface area contributed by atoms with E-state index in [9.17, 15) is 0 Å². The average Bonchev–Trinajstić information content (AvgIpc) is 2.71. The summed E-state index contributed by atoms with van der Waals surface area (Å²) < 4.78 is 6.01. The van der Waals surface area contributed by atoms with Gasteiger partial charge in [0.05, 0.1) is 12.8 Å². The van der Waals surface area contributed by atoms with Gasteiger partial charge in [-0.25, -0.2) is 4.98 Å². The molecule has 0 bridgehead atoms. The fourth-order valence-corrected chi connectivity index (χ4v) is 2.47. The molecule has 2 aromatic rings. The molecular formula is C10H8BrNO2S. The van der Waals surface area contributed by atoms with Gasteiger partial charge in [0.15, 0.2) is 0 Å². The Morgan fingerprint density at radius 3 is 2.93 bits per heavy atom. The first-order valence-corrected chi connectivity index (χ1v) is 5.87. The van der Waals surface area contributed by atoms with E-state index < -0.39 is 0 Å². The minimum Gasteiger partial charge on any atom is -0.440 e. The van der Waals surface area contributed by atoms with E-state index in [0.717, 1.165) is 14.9 Å². The standard InChI is InChI=1S/C10H8BrNO2S/c11-9-5-8(2-1-7(9)6-13)15-10-12-3-4-14-10/h1-5,13H,6H2. The average molecular weight is 286 g/mol. The number of nitrogens with zero attached hydrogens (tertiary/aromatic N) is 1. The Balaban J connectivity index is 2.20. The lowest BCUT2D eigenvalue weighted by Crippen LogP contribution is -1.85. The summed E-state index contributed by atoms with van der Waals surface area (Å²) in [5, 5.41) is 9.61. The molecule has 0 unspecified atom stereocenters. The zero-order valence-electron chi connectivity index (χ0n) is 7.68. The Labute approximate surface area is 99.7 Å². The van der Waals surface area contributed by atoms with Crippen molar-refractivity contribution < 1.29 is 9.52 Å². The molecular weight excluding hydrogens is 278 g/mol. The molecule has 78 valence electrons. The maximum Gasteiger partial charge on any atom is 0.260 e. The Morgan fingerprint density at radius 1 is 1.47 bits per heavy atom. The van der Waals surface area contributed by atoms with Gasteiger partial charge in [0.1, 0.15) is 6.26 Å². The molecule has 0 fully saturated rings. The second-order valence-electron chi connectivity index (χ2n) is 2.81. The summed E-state index contributed by atoms with van der Waals surface area (Å²) >= 11 is 4.83. The maximum atomic E-state index is 9.00. The molecule has 0 aliphatic rings. The van der Waals surface area contributed by atoms with Crippen LogP contribution in [-0.2, 0) is 6.61 Å². The van der Waals surface area contributed by atoms with Crippen LogP contribution < -0.4 is 0 Å². The van der Waals surface area contributed by atoms with E-state index in [1.54, 1.807) is 12.5 Å². The zero-order valence-corrected chi connectivity index (χ0v) is 10.1. The first-order valence-electron chi connectivity index (χ1n) is 4.26. The summed E-state index contributed by atoms with van der Waals surface area (Å²) in [5.74, 6) is 0. The molecule has 0 saturated heterocycles. The van der Waals surface area contributed by atoms with Crippen molar-refractivity contribution in [1.29, 1.82) is 0 Å². The third-order valence-electron chi connectivity index (χ3n) is 1.81. The topological polar surface area (TPSA) is 46.3 Å². The number of aliphatic hydroxyl groups is 1. The Bertz CT molecular complexity index is 445. The molecule has 0 amide bonds. The first kappa shape index (κ1) is 10.7. The van der Waals surface area contributed by atoms with Crippen LogP contribution in [-0.4, -0.2) is 10.1 Å². The van der Waals surface area contributed by atoms with Crippen LogP contribution in [0.25, 0.3) is 0 Å². The minimum atomic E-state index is 0.0323. The lowest BCUT2D eigenvalue weighted by Gasteiger charge is -2.02. The molecule has 3 nitrogen and oxygen atoms in total. The summed E-state index contributed by atoms with van der Waals surface area (Å²) in [7, 11) is 0. The lowest BCUT2D eigenvalue weighted by molar-refractivity contribution is 0.281. The van der Waals surface area contributed by atoms with Gasteiger partial charge in [0.2, 0.25) is 0 Å². The normalized spacial score (nSPS) is 10.5. The number of rotatable bonds is 3. The largest absolute Gasteiger partial charge is 0.440 e. The molecule has 1 aromatic heterocycles. The zero-order chi connectivity index (χ0) is 10.7. The third-order valence-corrected chi connectivity index (χ3v) is 3.41. The van der Waals surface area contributed by atoms with Crippen LogP contribution in [0.3, 0.4) is 0 Å². The van der Waals surface area contributed by atoms with E-state index >= 15 is 0 Å². The molecule has 2 rings (SSSR count). The Morgan fingerprint density at radius 2 is 2.33 bits per heavy atom. The van der Waals surface area contributed by atoms with Gasteiger partial charge >= 0.3 is 0 Å². The molecule has 0 atom stereocenters. The molecule has 0 radical (unpaired) electrons. The molecule has 15 heavy (non-hydrogen) atoms. The number of oxazole rings is 1. The summed E-state index contributed by atoms with van der Waals surface area (Å²) in [6.45, 7) is 0.0323. The number of hydrogen-bond acceptors (Lipinski definition) is 4. The maximum absolute atomic E-state index is 9.00. The molecule has 0 saturated carbocycles. The van der Waals surface area contributed by atoms with Gasteiger partial charge in [0.25, 0.3) is 5.22 Å². The van der Waals surface area contributed by atoms with E-state index in [0.29, 0.717) is 5.22 Å². The number of halogens is 1. The van der Waals surface area contributed by atoms with Crippen molar-refractivity contribution in [1.82, 2.24) is 4.98 Å². The molecule has 1 heterocycles. The summed E-state index contributed by atoms with van der Waals surface area (Å²) in [6.07, 6.45) is 3.15. The highest BCUT2D eigenvalue weighted by atomic mass is 79.9. The van der Waals surface area contributed by atoms with Crippen molar-refractivity contribution in [3.05, 3.63) is 40.7 Å². The summed E-state index contributed by atoms with van der Waals surface area (Å²) in [5.41, 5.74) is 0.867. The predicted octanol–water partition coefficient (Wildman–Crippen LogP) is 3.08. The smallest absolute Gasteiger partial charge is 0.260 e. The quantitative estimate of drug-likeness (QED) is 0.941. The van der Waals surface area contributed by atoms with Gasteiger partial charge in [-0.1, -0.05) is 22.0 Å². The Hall–Kier alpha value is -0.780. The second-order valence-corrected chi connectivity index (χ2v) is 4.69. The molecule has 1 aromatic carbocycles. The van der Waals surface area contributed by atoms with E-state index in [4.69, 9.17) is 9.52 Å². The number of aliphatic hydroxyl groups excluding tert-OH is 1. The van der Waals surface area contributed by atoms with Crippen LogP contribution >= 0.6 is 27.7 Å². The highest BCUT2D eigenvalue weighted by Gasteiger charge is 2.04. The van der Waals surface area contributed by atoms with Crippen molar-refractivity contribution in [2.75, 3.05) is 0 Å². The minimum absolute atomic E-state index is 0.0323. The van der Waals surface area contributed by atoms with E-state index in [1.165, 1.54) is 11.8 Å². The van der Waals surface area contributed by atoms with Gasteiger partial charge in [0, 0.05) is 9.37 Å². The van der Waals surface area contributed by atoms with Crippen molar-refractivity contribution in [3.63, 3.8) is 0 Å². The number of aromatic nitrogens is 1. The SMILES string of the molecule is OCc1ccc(Sc2ncco2)cc1Br. The van der Waals surface area contributed by atoms with Crippen molar-refractivity contribution in [2.45, 2.75) is 16.7 Å². The summed E-state index contributed by atoms with van der Waals surface area (Å²) in [6, 6.07) is 5.72. The van der Waals surface area contributed by atoms with Gasteiger partial charge in [-0.3, -0.25) is 0 Å². The molecule has 0 aliphatic heterocycles. The molecule has 0 aliphatic carbocycles. The molecule has 5 heteroatoms. The van der Waals surface area contributed by atoms with Gasteiger partial charge < -0.3 is 9.52 Å². The summed E-state index contributed by atoms with van der Waals surface area (Å²) in [4.78, 5) is 5.03. The molecule has 0 spiro atoms. The number of benzene rings is 1. The predicted molar refractivity (Wildman–Crippen MR) is 60.7 cm³/mol. The van der Waals surface area contributed by atoms with Crippen LogP contribution in [0.5, 0.6) is 0 Å². The highest BCUT2D eigenvalue weighted by Crippen LogP contribution is 2.29. The van der Waals surface area contributed by atoms with Crippen molar-refractivity contribution in [3.8, 4) is 0 Å². The van der Waals surface area contributed by atoms with E-state index in [-0.39, 0.29) is 6.61 Å². The fraction of sp³-hybridized carbons (Fsp3) is 0.100. The Kier molecular flexibility index (Phi) is 3.45. The second kappa shape index (κ2) is 4.83. The first-order chi connectivity index (χ1) is 7.29. The lowest BCUT2D eigenvalue weighted by atomic mass is 10.2. The monoisotopic (exact) mass is 285 g/mol. The molecule has 1 N–H and O–H groups in total. The third kappa shape index (κ3) is 2.62. The van der Waals surface area contributed by atoms with E-state index in [1.807, 2.05) is 18.2 Å². The van der Waals surface area contributed by atoms with Gasteiger partial charge in [-0.15, -0.1) is 0 Å². The van der Waals surface area contributed by atoms with Crippen LogP contribution in [0.2, 0.25) is 0 Å². The van der Waals surface area contributed by atoms with Crippen molar-refractivity contribution >= 4 is 27.7 Å². The van der Waals surface area contributed by atoms with Gasteiger partial charge in [-0.05, 0) is 29.5 Å². The van der Waals surface area contributed by atoms with Gasteiger partial charge in [-0.2, -0.15) is 0 Å².